The van der Waals surface area contributed by atoms with Gasteiger partial charge in [0.15, 0.2) is 0 Å². The topological polar surface area (TPSA) is 35.8 Å². The summed E-state index contributed by atoms with van der Waals surface area (Å²) in [4.78, 5) is 0. The highest BCUT2D eigenvalue weighted by Crippen LogP contribution is 2.11. The fraction of sp³-hybridized carbons (Fsp3) is 0.500. The van der Waals surface area contributed by atoms with Crippen molar-refractivity contribution in [3.05, 3.63) is 35.4 Å². The Hall–Kier alpha value is -1.33. The van der Waals surface area contributed by atoms with Crippen LogP contribution in [0.2, 0.25) is 0 Å². The van der Waals surface area contributed by atoms with Gasteiger partial charge in [0.1, 0.15) is 0 Å². The first kappa shape index (κ1) is 12.7. The van der Waals surface area contributed by atoms with Crippen LogP contribution in [0.5, 0.6) is 0 Å². The second-order valence-corrected chi connectivity index (χ2v) is 4.77. The molecule has 0 aromatic heterocycles. The predicted octanol–water partition coefficient (Wildman–Crippen LogP) is 2.89. The van der Waals surface area contributed by atoms with E-state index in [1.165, 1.54) is 11.1 Å². The molecule has 1 aromatic rings. The monoisotopic (exact) mass is 216 g/mol. The summed E-state index contributed by atoms with van der Waals surface area (Å²) in [6.45, 7) is 7.59. The lowest BCUT2D eigenvalue weighted by Gasteiger charge is -2.15. The van der Waals surface area contributed by atoms with Crippen LogP contribution in [0.1, 0.15) is 31.9 Å². The summed E-state index contributed by atoms with van der Waals surface area (Å²) >= 11 is 0. The molecular formula is C14H20N2. The number of hydrogen-bond acceptors (Lipinski definition) is 2. The van der Waals surface area contributed by atoms with Crippen molar-refractivity contribution >= 4 is 0 Å². The van der Waals surface area contributed by atoms with E-state index in [1.54, 1.807) is 0 Å². The zero-order valence-electron chi connectivity index (χ0n) is 10.4. The number of nitrogens with zero attached hydrogens (tertiary/aromatic N) is 1. The number of nitrogens with one attached hydrogen (secondary N) is 1. The van der Waals surface area contributed by atoms with E-state index in [2.05, 4.69) is 42.6 Å². The third-order valence-electron chi connectivity index (χ3n) is 2.63. The standard InChI is InChI=1S/C14H20N2/c1-4-12-5-7-13(8-6-12)9-16-11-14(2,3)10-15/h5-8,16H,4,9,11H2,1-3H3. The molecule has 86 valence electrons. The molecule has 1 aromatic carbocycles. The van der Waals surface area contributed by atoms with E-state index < -0.39 is 0 Å². The third kappa shape index (κ3) is 4.04. The fourth-order valence-electron chi connectivity index (χ4n) is 1.45. The van der Waals surface area contributed by atoms with Gasteiger partial charge in [0.05, 0.1) is 11.5 Å². The average molecular weight is 216 g/mol. The molecule has 0 saturated carbocycles. The van der Waals surface area contributed by atoms with Gasteiger partial charge in [0.25, 0.3) is 0 Å². The minimum atomic E-state index is -0.288. The number of hydrogen-bond donors (Lipinski definition) is 1. The van der Waals surface area contributed by atoms with Crippen molar-refractivity contribution in [3.8, 4) is 6.07 Å². The van der Waals surface area contributed by atoms with Crippen molar-refractivity contribution in [2.75, 3.05) is 6.54 Å². The zero-order chi connectivity index (χ0) is 12.0. The van der Waals surface area contributed by atoms with E-state index in [0.29, 0.717) is 0 Å². The minimum absolute atomic E-state index is 0.288. The van der Waals surface area contributed by atoms with E-state index in [9.17, 15) is 0 Å². The molecule has 0 radical (unpaired) electrons. The SMILES string of the molecule is CCc1ccc(CNCC(C)(C)C#N)cc1. The quantitative estimate of drug-likeness (QED) is 0.821. The number of benzene rings is 1. The van der Waals surface area contributed by atoms with Gasteiger partial charge in [-0.1, -0.05) is 31.2 Å². The van der Waals surface area contributed by atoms with Crippen molar-refractivity contribution in [2.45, 2.75) is 33.7 Å². The van der Waals surface area contributed by atoms with E-state index in [0.717, 1.165) is 19.5 Å². The van der Waals surface area contributed by atoms with Gasteiger partial charge < -0.3 is 5.32 Å². The zero-order valence-corrected chi connectivity index (χ0v) is 10.4. The van der Waals surface area contributed by atoms with Crippen LogP contribution in [0.4, 0.5) is 0 Å². The van der Waals surface area contributed by atoms with Crippen molar-refractivity contribution in [3.63, 3.8) is 0 Å². The Morgan fingerprint density at radius 3 is 2.25 bits per heavy atom. The Labute approximate surface area is 98.3 Å². The second kappa shape index (κ2) is 5.67. The summed E-state index contributed by atoms with van der Waals surface area (Å²) < 4.78 is 0. The summed E-state index contributed by atoms with van der Waals surface area (Å²) in [5, 5.41) is 12.2. The lowest BCUT2D eigenvalue weighted by molar-refractivity contribution is 0.445. The predicted molar refractivity (Wildman–Crippen MR) is 66.9 cm³/mol. The summed E-state index contributed by atoms with van der Waals surface area (Å²) in [5.41, 5.74) is 2.34. The lowest BCUT2D eigenvalue weighted by Crippen LogP contribution is -2.27. The molecule has 0 spiro atoms. The van der Waals surface area contributed by atoms with Gasteiger partial charge in [0, 0.05) is 13.1 Å². The summed E-state index contributed by atoms with van der Waals surface area (Å²) in [5.74, 6) is 0. The van der Waals surface area contributed by atoms with Crippen molar-refractivity contribution < 1.29 is 0 Å². The molecule has 0 bridgehead atoms. The molecule has 2 heteroatoms. The maximum atomic E-state index is 8.87. The number of aryl methyl sites for hydroxylation is 1. The number of nitriles is 1. The first-order valence-electron chi connectivity index (χ1n) is 5.77. The van der Waals surface area contributed by atoms with Crippen LogP contribution in [-0.4, -0.2) is 6.54 Å². The molecule has 0 aliphatic rings. The van der Waals surface area contributed by atoms with Crippen LogP contribution in [0.25, 0.3) is 0 Å². The maximum Gasteiger partial charge on any atom is 0.0697 e. The number of rotatable bonds is 5. The normalized spacial score (nSPS) is 11.1. The molecule has 0 heterocycles. The van der Waals surface area contributed by atoms with Gasteiger partial charge in [-0.2, -0.15) is 5.26 Å². The highest BCUT2D eigenvalue weighted by Gasteiger charge is 2.15. The average Bonchev–Trinajstić information content (AvgIpc) is 2.30. The van der Waals surface area contributed by atoms with Crippen LogP contribution in [0.15, 0.2) is 24.3 Å². The van der Waals surface area contributed by atoms with Gasteiger partial charge in [-0.25, -0.2) is 0 Å². The summed E-state index contributed by atoms with van der Waals surface area (Å²) in [6, 6.07) is 10.9. The largest absolute Gasteiger partial charge is 0.311 e. The van der Waals surface area contributed by atoms with Crippen LogP contribution in [0, 0.1) is 16.7 Å². The molecule has 0 aliphatic carbocycles. The third-order valence-corrected chi connectivity index (χ3v) is 2.63. The Morgan fingerprint density at radius 2 is 1.75 bits per heavy atom. The van der Waals surface area contributed by atoms with Crippen molar-refractivity contribution in [2.24, 2.45) is 5.41 Å². The molecule has 0 atom stereocenters. The van der Waals surface area contributed by atoms with E-state index >= 15 is 0 Å². The summed E-state index contributed by atoms with van der Waals surface area (Å²) in [6.07, 6.45) is 1.08. The first-order chi connectivity index (χ1) is 7.57. The maximum absolute atomic E-state index is 8.87. The lowest BCUT2D eigenvalue weighted by atomic mass is 9.96. The van der Waals surface area contributed by atoms with Crippen LogP contribution >= 0.6 is 0 Å². The van der Waals surface area contributed by atoms with Crippen LogP contribution in [0.3, 0.4) is 0 Å². The molecule has 1 N–H and O–H groups in total. The Bertz CT molecular complexity index is 357. The van der Waals surface area contributed by atoms with Crippen molar-refractivity contribution in [1.82, 2.24) is 5.32 Å². The molecule has 0 fully saturated rings. The summed E-state index contributed by atoms with van der Waals surface area (Å²) in [7, 11) is 0. The molecule has 16 heavy (non-hydrogen) atoms. The molecule has 2 nitrogen and oxygen atoms in total. The van der Waals surface area contributed by atoms with E-state index in [-0.39, 0.29) is 5.41 Å². The molecule has 0 saturated heterocycles. The fourth-order valence-corrected chi connectivity index (χ4v) is 1.45. The molecule has 1 rings (SSSR count). The molecular weight excluding hydrogens is 196 g/mol. The van der Waals surface area contributed by atoms with Crippen LogP contribution < -0.4 is 5.32 Å². The van der Waals surface area contributed by atoms with Gasteiger partial charge >= 0.3 is 0 Å². The highest BCUT2D eigenvalue weighted by atomic mass is 14.9. The Balaban J connectivity index is 2.41. The second-order valence-electron chi connectivity index (χ2n) is 4.77. The van der Waals surface area contributed by atoms with E-state index in [1.807, 2.05) is 13.8 Å². The molecule has 0 amide bonds. The van der Waals surface area contributed by atoms with Gasteiger partial charge in [-0.3, -0.25) is 0 Å². The smallest absolute Gasteiger partial charge is 0.0697 e. The highest BCUT2D eigenvalue weighted by molar-refractivity contribution is 5.22. The van der Waals surface area contributed by atoms with Gasteiger partial charge in [-0.05, 0) is 31.4 Å². The first-order valence-corrected chi connectivity index (χ1v) is 5.77. The minimum Gasteiger partial charge on any atom is -0.311 e. The Kier molecular flexibility index (Phi) is 4.52. The van der Waals surface area contributed by atoms with E-state index in [4.69, 9.17) is 5.26 Å². The van der Waals surface area contributed by atoms with Crippen molar-refractivity contribution in [1.29, 1.82) is 5.26 Å². The van der Waals surface area contributed by atoms with Crippen LogP contribution in [-0.2, 0) is 13.0 Å². The Morgan fingerprint density at radius 1 is 1.19 bits per heavy atom. The molecule has 0 aliphatic heterocycles. The van der Waals surface area contributed by atoms with Gasteiger partial charge in [-0.15, -0.1) is 0 Å². The molecule has 0 unspecified atom stereocenters. The van der Waals surface area contributed by atoms with Gasteiger partial charge in [0.2, 0.25) is 0 Å².